The normalized spacial score (nSPS) is 13.4. The van der Waals surface area contributed by atoms with Crippen molar-refractivity contribution < 1.29 is 28.6 Å². The Morgan fingerprint density at radius 3 is 2.34 bits per heavy atom. The molecule has 7 heteroatoms. The average molecular weight is 493 g/mol. The van der Waals surface area contributed by atoms with Gasteiger partial charge >= 0.3 is 5.97 Å². The molecule has 0 N–H and O–H groups in total. The molecule has 160 valence electrons. The fourth-order valence-electron chi connectivity index (χ4n) is 3.11. The molecular formula is C25H17BrO6. The molecule has 4 rings (SSSR count). The summed E-state index contributed by atoms with van der Waals surface area (Å²) in [5.74, 6) is 0.0945. The van der Waals surface area contributed by atoms with Crippen LogP contribution in [0.4, 0.5) is 0 Å². The standard InChI is InChI=1S/C25H17BrO6/c1-30-25(29)17-4-2-15(3-5-17)12-23-24(28)20-11-10-19(13-22(20)32-23)31-14-21(27)16-6-8-18(26)9-7-16/h2-13H,14H2,1H3. The minimum absolute atomic E-state index is 0.135. The van der Waals surface area contributed by atoms with Gasteiger partial charge in [0.15, 0.2) is 18.1 Å². The van der Waals surface area contributed by atoms with Crippen molar-refractivity contribution in [2.45, 2.75) is 0 Å². The number of carbonyl (C=O) groups excluding carboxylic acids is 3. The van der Waals surface area contributed by atoms with E-state index in [0.717, 1.165) is 4.47 Å². The Bertz CT molecular complexity index is 1230. The minimum Gasteiger partial charge on any atom is -0.485 e. The molecule has 0 unspecified atom stereocenters. The highest BCUT2D eigenvalue weighted by atomic mass is 79.9. The molecule has 0 aromatic heterocycles. The Morgan fingerprint density at radius 2 is 1.66 bits per heavy atom. The number of hydrogen-bond donors (Lipinski definition) is 0. The van der Waals surface area contributed by atoms with Crippen LogP contribution in [-0.4, -0.2) is 31.3 Å². The number of rotatable bonds is 6. The second-order valence-electron chi connectivity index (χ2n) is 6.93. The fraction of sp³-hybridized carbons (Fsp3) is 0.0800. The average Bonchev–Trinajstić information content (AvgIpc) is 3.12. The summed E-state index contributed by atoms with van der Waals surface area (Å²) >= 11 is 3.33. The second kappa shape index (κ2) is 9.20. The first-order valence-corrected chi connectivity index (χ1v) is 10.4. The Kier molecular flexibility index (Phi) is 6.18. The van der Waals surface area contributed by atoms with Crippen LogP contribution in [0.3, 0.4) is 0 Å². The van der Waals surface area contributed by atoms with Crippen LogP contribution in [0.25, 0.3) is 6.08 Å². The Hall–Kier alpha value is -3.71. The van der Waals surface area contributed by atoms with Crippen LogP contribution in [-0.2, 0) is 4.74 Å². The first kappa shape index (κ1) is 21.5. The van der Waals surface area contributed by atoms with Gasteiger partial charge in [0.1, 0.15) is 11.5 Å². The van der Waals surface area contributed by atoms with E-state index in [0.29, 0.717) is 33.8 Å². The zero-order valence-corrected chi connectivity index (χ0v) is 18.5. The van der Waals surface area contributed by atoms with Gasteiger partial charge in [-0.15, -0.1) is 0 Å². The molecular weight excluding hydrogens is 476 g/mol. The molecule has 0 amide bonds. The molecule has 0 saturated heterocycles. The number of Topliss-reactive ketones (excluding diaryl/α,β-unsaturated/α-hetero) is 2. The maximum absolute atomic E-state index is 12.6. The molecule has 0 atom stereocenters. The van der Waals surface area contributed by atoms with Crippen LogP contribution < -0.4 is 9.47 Å². The van der Waals surface area contributed by atoms with Crippen molar-refractivity contribution in [3.05, 3.63) is 99.2 Å². The van der Waals surface area contributed by atoms with E-state index < -0.39 is 5.97 Å². The van der Waals surface area contributed by atoms with Crippen molar-refractivity contribution in [1.29, 1.82) is 0 Å². The van der Waals surface area contributed by atoms with E-state index in [-0.39, 0.29) is 23.9 Å². The lowest BCUT2D eigenvalue weighted by Crippen LogP contribution is -2.11. The minimum atomic E-state index is -0.434. The number of ether oxygens (including phenoxy) is 3. The summed E-state index contributed by atoms with van der Waals surface area (Å²) in [6.07, 6.45) is 1.60. The van der Waals surface area contributed by atoms with Crippen LogP contribution >= 0.6 is 15.9 Å². The summed E-state index contributed by atoms with van der Waals surface area (Å²) in [5, 5.41) is 0. The van der Waals surface area contributed by atoms with E-state index in [2.05, 4.69) is 20.7 Å². The smallest absolute Gasteiger partial charge is 0.337 e. The third-order valence-electron chi connectivity index (χ3n) is 4.81. The Labute approximate surface area is 192 Å². The monoisotopic (exact) mass is 492 g/mol. The summed E-state index contributed by atoms with van der Waals surface area (Å²) < 4.78 is 16.9. The van der Waals surface area contributed by atoms with Gasteiger partial charge in [0, 0.05) is 16.1 Å². The van der Waals surface area contributed by atoms with E-state index in [1.54, 1.807) is 72.8 Å². The number of esters is 1. The van der Waals surface area contributed by atoms with Gasteiger partial charge in [-0.05, 0) is 48.0 Å². The lowest BCUT2D eigenvalue weighted by atomic mass is 10.1. The van der Waals surface area contributed by atoms with Crippen LogP contribution in [0.1, 0.15) is 36.6 Å². The molecule has 1 aliphatic heterocycles. The van der Waals surface area contributed by atoms with Crippen molar-refractivity contribution in [1.82, 2.24) is 0 Å². The van der Waals surface area contributed by atoms with Gasteiger partial charge in [0.2, 0.25) is 5.78 Å². The topological polar surface area (TPSA) is 78.9 Å². The van der Waals surface area contributed by atoms with Gasteiger partial charge in [-0.1, -0.05) is 40.2 Å². The summed E-state index contributed by atoms with van der Waals surface area (Å²) in [7, 11) is 1.31. The van der Waals surface area contributed by atoms with Gasteiger partial charge < -0.3 is 14.2 Å². The predicted molar refractivity (Wildman–Crippen MR) is 121 cm³/mol. The molecule has 3 aromatic carbocycles. The number of allylic oxidation sites excluding steroid dienone is 1. The maximum atomic E-state index is 12.6. The molecule has 0 bridgehead atoms. The third-order valence-corrected chi connectivity index (χ3v) is 5.34. The number of benzene rings is 3. The van der Waals surface area contributed by atoms with Crippen LogP contribution in [0.15, 0.2) is 77.0 Å². The molecule has 6 nitrogen and oxygen atoms in total. The largest absolute Gasteiger partial charge is 0.485 e. The van der Waals surface area contributed by atoms with Gasteiger partial charge in [0.05, 0.1) is 18.2 Å². The number of hydrogen-bond acceptors (Lipinski definition) is 6. The first-order chi connectivity index (χ1) is 15.4. The number of methoxy groups -OCH3 is 1. The number of fused-ring (bicyclic) bond motifs is 1. The van der Waals surface area contributed by atoms with Gasteiger partial charge in [-0.25, -0.2) is 4.79 Å². The Balaban J connectivity index is 1.45. The van der Waals surface area contributed by atoms with Crippen LogP contribution in [0, 0.1) is 0 Å². The molecule has 32 heavy (non-hydrogen) atoms. The van der Waals surface area contributed by atoms with E-state index in [4.69, 9.17) is 9.47 Å². The van der Waals surface area contributed by atoms with Crippen molar-refractivity contribution in [3.63, 3.8) is 0 Å². The number of halogens is 1. The maximum Gasteiger partial charge on any atom is 0.337 e. The van der Waals surface area contributed by atoms with Gasteiger partial charge in [0.25, 0.3) is 0 Å². The summed E-state index contributed by atoms with van der Waals surface area (Å²) in [6.45, 7) is -0.135. The molecule has 0 radical (unpaired) electrons. The third kappa shape index (κ3) is 4.63. The van der Waals surface area contributed by atoms with E-state index in [9.17, 15) is 14.4 Å². The molecule has 1 heterocycles. The lowest BCUT2D eigenvalue weighted by molar-refractivity contribution is 0.0600. The van der Waals surface area contributed by atoms with Crippen LogP contribution in [0.2, 0.25) is 0 Å². The predicted octanol–water partition coefficient (Wildman–Crippen LogP) is 5.11. The quantitative estimate of drug-likeness (QED) is 0.270. The molecule has 0 spiro atoms. The van der Waals surface area contributed by atoms with Gasteiger partial charge in [-0.2, -0.15) is 0 Å². The highest BCUT2D eigenvalue weighted by molar-refractivity contribution is 9.10. The summed E-state index contributed by atoms with van der Waals surface area (Å²) in [4.78, 5) is 36.5. The molecule has 0 saturated carbocycles. The van der Waals surface area contributed by atoms with Crippen molar-refractivity contribution in [3.8, 4) is 11.5 Å². The Morgan fingerprint density at radius 1 is 0.969 bits per heavy atom. The zero-order valence-electron chi connectivity index (χ0n) is 17.0. The van der Waals surface area contributed by atoms with Crippen molar-refractivity contribution in [2.75, 3.05) is 13.7 Å². The van der Waals surface area contributed by atoms with Gasteiger partial charge in [-0.3, -0.25) is 9.59 Å². The van der Waals surface area contributed by atoms with E-state index in [1.807, 2.05) is 0 Å². The van der Waals surface area contributed by atoms with E-state index in [1.165, 1.54) is 7.11 Å². The molecule has 1 aliphatic rings. The lowest BCUT2D eigenvalue weighted by Gasteiger charge is -2.07. The van der Waals surface area contributed by atoms with Crippen LogP contribution in [0.5, 0.6) is 11.5 Å². The molecule has 0 fully saturated rings. The number of carbonyl (C=O) groups is 3. The summed E-state index contributed by atoms with van der Waals surface area (Å²) in [5.41, 5.74) is 2.07. The number of ketones is 2. The molecule has 0 aliphatic carbocycles. The highest BCUT2D eigenvalue weighted by Crippen LogP contribution is 2.35. The van der Waals surface area contributed by atoms with Crippen molar-refractivity contribution in [2.24, 2.45) is 0 Å². The summed E-state index contributed by atoms with van der Waals surface area (Å²) in [6, 6.07) is 18.5. The van der Waals surface area contributed by atoms with Crippen molar-refractivity contribution >= 4 is 39.5 Å². The highest BCUT2D eigenvalue weighted by Gasteiger charge is 2.27. The molecule has 3 aromatic rings. The SMILES string of the molecule is COC(=O)c1ccc(C=C2Oc3cc(OCC(=O)c4ccc(Br)cc4)ccc3C2=O)cc1. The zero-order chi connectivity index (χ0) is 22.7. The first-order valence-electron chi connectivity index (χ1n) is 9.63. The second-order valence-corrected chi connectivity index (χ2v) is 7.85. The van der Waals surface area contributed by atoms with E-state index >= 15 is 0 Å². The fourth-order valence-corrected chi connectivity index (χ4v) is 3.37.